The number of carbonyl (C=O) groups excluding carboxylic acids is 2. The van der Waals surface area contributed by atoms with Gasteiger partial charge in [0.2, 0.25) is 11.8 Å². The van der Waals surface area contributed by atoms with Gasteiger partial charge in [-0.2, -0.15) is 5.10 Å². The number of hydrogen-bond acceptors (Lipinski definition) is 4. The van der Waals surface area contributed by atoms with Gasteiger partial charge >= 0.3 is 0 Å². The fourth-order valence-corrected chi connectivity index (χ4v) is 2.11. The van der Waals surface area contributed by atoms with Crippen LogP contribution in [-0.2, 0) is 9.59 Å². The van der Waals surface area contributed by atoms with Crippen molar-refractivity contribution in [2.45, 2.75) is 32.6 Å². The van der Waals surface area contributed by atoms with Crippen LogP contribution in [0.4, 0.5) is 5.69 Å². The van der Waals surface area contributed by atoms with E-state index in [0.29, 0.717) is 13.0 Å². The van der Waals surface area contributed by atoms with Crippen LogP contribution in [0.3, 0.4) is 0 Å². The summed E-state index contributed by atoms with van der Waals surface area (Å²) in [5, 5.41) is 9.65. The highest BCUT2D eigenvalue weighted by atomic mass is 16.2. The predicted octanol–water partition coefficient (Wildman–Crippen LogP) is 1.90. The highest BCUT2D eigenvalue weighted by molar-refractivity contribution is 5.90. The molecule has 0 bridgehead atoms. The number of nitrogens with zero attached hydrogens (tertiary/aromatic N) is 3. The Morgan fingerprint density at radius 2 is 1.91 bits per heavy atom. The Bertz CT molecular complexity index is 622. The normalized spacial score (nSPS) is 10.3. The highest BCUT2D eigenvalue weighted by Crippen LogP contribution is 2.13. The molecule has 0 unspecified atom stereocenters. The molecule has 0 aliphatic rings. The average Bonchev–Trinajstić information content (AvgIpc) is 3.05. The summed E-state index contributed by atoms with van der Waals surface area (Å²) in [6.45, 7) is 2.17. The van der Waals surface area contributed by atoms with Gasteiger partial charge in [-0.25, -0.2) is 9.67 Å². The van der Waals surface area contributed by atoms with Gasteiger partial charge < -0.3 is 10.6 Å². The van der Waals surface area contributed by atoms with E-state index in [-0.39, 0.29) is 11.8 Å². The van der Waals surface area contributed by atoms with E-state index in [0.717, 1.165) is 30.6 Å². The van der Waals surface area contributed by atoms with Crippen LogP contribution in [0.2, 0.25) is 0 Å². The van der Waals surface area contributed by atoms with E-state index in [9.17, 15) is 9.59 Å². The second-order valence-corrected chi connectivity index (χ2v) is 5.23. The zero-order valence-electron chi connectivity index (χ0n) is 13.2. The van der Waals surface area contributed by atoms with Gasteiger partial charge in [0.05, 0.1) is 5.69 Å². The molecule has 7 heteroatoms. The van der Waals surface area contributed by atoms with Gasteiger partial charge in [0.1, 0.15) is 12.7 Å². The summed E-state index contributed by atoms with van der Waals surface area (Å²) >= 11 is 0. The van der Waals surface area contributed by atoms with Crippen molar-refractivity contribution < 1.29 is 9.59 Å². The van der Waals surface area contributed by atoms with Gasteiger partial charge in [-0.3, -0.25) is 9.59 Å². The number of nitrogens with one attached hydrogen (secondary N) is 2. The molecule has 0 aliphatic heterocycles. The van der Waals surface area contributed by atoms with E-state index < -0.39 is 0 Å². The number of hydrogen-bond donors (Lipinski definition) is 2. The van der Waals surface area contributed by atoms with Crippen molar-refractivity contribution in [1.29, 1.82) is 0 Å². The Labute approximate surface area is 135 Å². The topological polar surface area (TPSA) is 88.9 Å². The van der Waals surface area contributed by atoms with Crippen LogP contribution in [0.1, 0.15) is 32.6 Å². The fourth-order valence-electron chi connectivity index (χ4n) is 2.11. The first kappa shape index (κ1) is 16.7. The Kier molecular flexibility index (Phi) is 6.28. The maximum absolute atomic E-state index is 11.9. The Morgan fingerprint density at radius 1 is 1.13 bits per heavy atom. The largest absolute Gasteiger partial charge is 0.356 e. The molecule has 0 aliphatic carbocycles. The number of aromatic nitrogens is 3. The lowest BCUT2D eigenvalue weighted by Gasteiger charge is -2.07. The van der Waals surface area contributed by atoms with Gasteiger partial charge in [0.15, 0.2) is 0 Å². The third kappa shape index (κ3) is 5.90. The molecule has 122 valence electrons. The summed E-state index contributed by atoms with van der Waals surface area (Å²) in [7, 11) is 0. The third-order valence-corrected chi connectivity index (χ3v) is 3.29. The molecule has 2 aromatic rings. The highest BCUT2D eigenvalue weighted by Gasteiger charge is 2.03. The molecule has 0 radical (unpaired) electrons. The fraction of sp³-hybridized carbons (Fsp3) is 0.375. The molecule has 0 saturated carbocycles. The summed E-state index contributed by atoms with van der Waals surface area (Å²) in [6.07, 6.45) is 6.18. The summed E-state index contributed by atoms with van der Waals surface area (Å²) in [5.74, 6) is -0.0184. The van der Waals surface area contributed by atoms with Crippen molar-refractivity contribution in [2.24, 2.45) is 0 Å². The van der Waals surface area contributed by atoms with Gasteiger partial charge in [-0.1, -0.05) is 6.42 Å². The van der Waals surface area contributed by atoms with Crippen molar-refractivity contribution in [3.8, 4) is 5.69 Å². The van der Waals surface area contributed by atoms with Crippen LogP contribution in [0.15, 0.2) is 36.9 Å². The standard InChI is InChI=1S/C16H21N5O2/c1-13(22)18-10-4-2-3-5-16(23)20-14-6-8-15(9-7-14)21-12-17-11-19-21/h6-9,11-12H,2-5,10H2,1H3,(H,18,22)(H,20,23). The van der Waals surface area contributed by atoms with Crippen molar-refractivity contribution in [3.63, 3.8) is 0 Å². The van der Waals surface area contributed by atoms with Crippen molar-refractivity contribution in [3.05, 3.63) is 36.9 Å². The molecule has 1 aromatic carbocycles. The monoisotopic (exact) mass is 315 g/mol. The van der Waals surface area contributed by atoms with Crippen LogP contribution in [0.25, 0.3) is 5.69 Å². The summed E-state index contributed by atoms with van der Waals surface area (Å²) < 4.78 is 1.65. The van der Waals surface area contributed by atoms with E-state index in [4.69, 9.17) is 0 Å². The van der Waals surface area contributed by atoms with Crippen LogP contribution in [0.5, 0.6) is 0 Å². The molecule has 2 rings (SSSR count). The molecule has 0 saturated heterocycles. The van der Waals surface area contributed by atoms with Crippen LogP contribution in [-0.4, -0.2) is 33.1 Å². The van der Waals surface area contributed by atoms with E-state index in [2.05, 4.69) is 20.7 Å². The Balaban J connectivity index is 1.68. The van der Waals surface area contributed by atoms with E-state index >= 15 is 0 Å². The van der Waals surface area contributed by atoms with Crippen LogP contribution in [0, 0.1) is 0 Å². The minimum Gasteiger partial charge on any atom is -0.356 e. The number of carbonyl (C=O) groups is 2. The van der Waals surface area contributed by atoms with Crippen molar-refractivity contribution in [2.75, 3.05) is 11.9 Å². The number of anilines is 1. The number of amides is 2. The number of rotatable bonds is 8. The maximum Gasteiger partial charge on any atom is 0.224 e. The van der Waals surface area contributed by atoms with Gasteiger partial charge in [-0.15, -0.1) is 0 Å². The second-order valence-electron chi connectivity index (χ2n) is 5.23. The van der Waals surface area contributed by atoms with Crippen LogP contribution >= 0.6 is 0 Å². The molecule has 2 amide bonds. The first-order chi connectivity index (χ1) is 11.1. The molecule has 7 nitrogen and oxygen atoms in total. The lowest BCUT2D eigenvalue weighted by atomic mass is 10.2. The third-order valence-electron chi connectivity index (χ3n) is 3.29. The molecule has 0 fully saturated rings. The molecule has 0 spiro atoms. The van der Waals surface area contributed by atoms with Gasteiger partial charge in [-0.05, 0) is 37.1 Å². The van der Waals surface area contributed by atoms with Crippen molar-refractivity contribution in [1.82, 2.24) is 20.1 Å². The number of benzene rings is 1. The minimum atomic E-state index is -0.0166. The summed E-state index contributed by atoms with van der Waals surface area (Å²) in [4.78, 5) is 26.5. The zero-order valence-corrected chi connectivity index (χ0v) is 13.2. The lowest BCUT2D eigenvalue weighted by Crippen LogP contribution is -2.20. The molecule has 23 heavy (non-hydrogen) atoms. The Morgan fingerprint density at radius 3 is 2.57 bits per heavy atom. The second kappa shape index (κ2) is 8.67. The van der Waals surface area contributed by atoms with E-state index in [1.807, 2.05) is 24.3 Å². The minimum absolute atomic E-state index is 0.00182. The SMILES string of the molecule is CC(=O)NCCCCCC(=O)Nc1ccc(-n2cncn2)cc1. The number of unbranched alkanes of at least 4 members (excludes halogenated alkanes) is 2. The molecular weight excluding hydrogens is 294 g/mol. The molecule has 0 atom stereocenters. The summed E-state index contributed by atoms with van der Waals surface area (Å²) in [5.41, 5.74) is 1.65. The van der Waals surface area contributed by atoms with Gasteiger partial charge in [0, 0.05) is 25.6 Å². The van der Waals surface area contributed by atoms with Crippen molar-refractivity contribution >= 4 is 17.5 Å². The smallest absolute Gasteiger partial charge is 0.224 e. The van der Waals surface area contributed by atoms with E-state index in [1.165, 1.54) is 13.3 Å². The quantitative estimate of drug-likeness (QED) is 0.728. The molecule has 1 aromatic heterocycles. The predicted molar refractivity (Wildman–Crippen MR) is 87.1 cm³/mol. The Hall–Kier alpha value is -2.70. The first-order valence-corrected chi connectivity index (χ1v) is 7.64. The summed E-state index contributed by atoms with van der Waals surface area (Å²) in [6, 6.07) is 7.42. The lowest BCUT2D eigenvalue weighted by molar-refractivity contribution is -0.119. The van der Waals surface area contributed by atoms with Crippen LogP contribution < -0.4 is 10.6 Å². The molecule has 2 N–H and O–H groups in total. The van der Waals surface area contributed by atoms with E-state index in [1.54, 1.807) is 11.0 Å². The zero-order chi connectivity index (χ0) is 16.5. The van der Waals surface area contributed by atoms with Gasteiger partial charge in [0.25, 0.3) is 0 Å². The average molecular weight is 315 g/mol. The molecular formula is C16H21N5O2. The first-order valence-electron chi connectivity index (χ1n) is 7.64. The maximum atomic E-state index is 11.9. The molecule has 1 heterocycles.